The Balaban J connectivity index is 1.23. The zero-order valence-electron chi connectivity index (χ0n) is 23.4. The van der Waals surface area contributed by atoms with Gasteiger partial charge in [0.15, 0.2) is 0 Å². The molecule has 1 N–H and O–H groups in total. The Labute approximate surface area is 241 Å². The average Bonchev–Trinajstić information content (AvgIpc) is 3.39. The largest absolute Gasteiger partial charge is 0.489 e. The second-order valence-corrected chi connectivity index (χ2v) is 9.94. The third-order valence-electron chi connectivity index (χ3n) is 6.88. The summed E-state index contributed by atoms with van der Waals surface area (Å²) in [6.07, 6.45) is 4.15. The Morgan fingerprint density at radius 3 is 2.39 bits per heavy atom. The van der Waals surface area contributed by atoms with E-state index in [1.807, 2.05) is 66.7 Å². The lowest BCUT2D eigenvalue weighted by Gasteiger charge is -2.13. The number of ether oxygens (including phenoxy) is 1. The fourth-order valence-corrected chi connectivity index (χ4v) is 4.69. The highest BCUT2D eigenvalue weighted by Gasteiger charge is 2.11. The second kappa shape index (κ2) is 12.8. The van der Waals surface area contributed by atoms with Gasteiger partial charge in [0.25, 0.3) is 5.91 Å². The molecule has 1 amide bonds. The lowest BCUT2D eigenvalue weighted by Crippen LogP contribution is -2.17. The molecule has 0 spiro atoms. The van der Waals surface area contributed by atoms with Crippen LogP contribution in [0.4, 0.5) is 0 Å². The quantitative estimate of drug-likeness (QED) is 0.112. The monoisotopic (exact) mass is 539 g/mol. The van der Waals surface area contributed by atoms with Gasteiger partial charge in [-0.25, -0.2) is 5.43 Å². The number of aromatic nitrogens is 1. The van der Waals surface area contributed by atoms with Crippen molar-refractivity contribution in [1.29, 1.82) is 0 Å². The first-order valence-corrected chi connectivity index (χ1v) is 13.6. The molecule has 5 aromatic rings. The van der Waals surface area contributed by atoms with Crippen LogP contribution in [0.3, 0.4) is 0 Å². The van der Waals surface area contributed by atoms with Gasteiger partial charge < -0.3 is 9.30 Å². The maximum absolute atomic E-state index is 12.8. The fourth-order valence-electron chi connectivity index (χ4n) is 4.69. The summed E-state index contributed by atoms with van der Waals surface area (Å²) in [5.41, 5.74) is 11.7. The van der Waals surface area contributed by atoms with Gasteiger partial charge in [0.05, 0.1) is 11.9 Å². The maximum Gasteiger partial charge on any atom is 0.271 e. The number of hydrazone groups is 1. The summed E-state index contributed by atoms with van der Waals surface area (Å²) in [6.45, 7) is 8.51. The van der Waals surface area contributed by atoms with Gasteiger partial charge in [-0.3, -0.25) is 4.79 Å². The van der Waals surface area contributed by atoms with Gasteiger partial charge in [0.1, 0.15) is 12.4 Å². The Morgan fingerprint density at radius 1 is 0.902 bits per heavy atom. The predicted molar refractivity (Wildman–Crippen MR) is 167 cm³/mol. The zero-order valence-corrected chi connectivity index (χ0v) is 23.4. The molecular weight excluding hydrogens is 506 g/mol. The summed E-state index contributed by atoms with van der Waals surface area (Å²) in [5.74, 6) is 0.532. The van der Waals surface area contributed by atoms with Gasteiger partial charge in [0.2, 0.25) is 0 Å². The lowest BCUT2D eigenvalue weighted by molar-refractivity contribution is 0.0955. The van der Waals surface area contributed by atoms with Gasteiger partial charge >= 0.3 is 0 Å². The maximum atomic E-state index is 12.8. The van der Waals surface area contributed by atoms with E-state index in [0.29, 0.717) is 18.6 Å². The molecule has 5 heteroatoms. The number of nitrogens with zero attached hydrogens (tertiary/aromatic N) is 2. The van der Waals surface area contributed by atoms with Crippen LogP contribution in [0.5, 0.6) is 5.75 Å². The van der Waals surface area contributed by atoms with Crippen molar-refractivity contribution in [2.45, 2.75) is 26.9 Å². The molecule has 0 unspecified atom stereocenters. The SMILES string of the molecule is C=CCc1cc(/C=N/NC(=O)c2ccc(-n3c(C)ccc3-c3ccccc3)cc2)ccc1OCc1ccc(C)cc1. The van der Waals surface area contributed by atoms with Gasteiger partial charge in [-0.2, -0.15) is 5.10 Å². The van der Waals surface area contributed by atoms with Gasteiger partial charge in [0, 0.05) is 16.9 Å². The highest BCUT2D eigenvalue weighted by atomic mass is 16.5. The van der Waals surface area contributed by atoms with E-state index < -0.39 is 0 Å². The van der Waals surface area contributed by atoms with Crippen LogP contribution in [0.25, 0.3) is 16.9 Å². The smallest absolute Gasteiger partial charge is 0.271 e. The molecule has 0 saturated heterocycles. The summed E-state index contributed by atoms with van der Waals surface area (Å²) in [5, 5.41) is 4.19. The van der Waals surface area contributed by atoms with E-state index >= 15 is 0 Å². The summed E-state index contributed by atoms with van der Waals surface area (Å²) < 4.78 is 8.27. The molecule has 1 aromatic heterocycles. The standard InChI is InChI=1S/C36H33N3O2/c1-4-8-32-23-29(16-22-35(32)41-25-28-14-11-26(2)12-15-28)24-37-38-36(40)31-17-19-33(20-18-31)39-27(3)13-21-34(39)30-9-6-5-7-10-30/h4-7,9-24H,1,8,25H2,2-3H3,(H,38,40)/b37-24+. The number of rotatable bonds is 10. The molecule has 0 fully saturated rings. The van der Waals surface area contributed by atoms with Crippen molar-refractivity contribution in [3.63, 3.8) is 0 Å². The first-order chi connectivity index (χ1) is 20.0. The van der Waals surface area contributed by atoms with Crippen molar-refractivity contribution < 1.29 is 9.53 Å². The number of carbonyl (C=O) groups is 1. The van der Waals surface area contributed by atoms with Crippen LogP contribution in [0.1, 0.15) is 38.3 Å². The molecule has 5 rings (SSSR count). The third-order valence-corrected chi connectivity index (χ3v) is 6.88. The highest BCUT2D eigenvalue weighted by molar-refractivity contribution is 5.95. The Bertz CT molecular complexity index is 1670. The summed E-state index contributed by atoms with van der Waals surface area (Å²) in [6, 6.07) is 36.2. The first kappa shape index (κ1) is 27.4. The van der Waals surface area contributed by atoms with E-state index in [2.05, 4.69) is 84.1 Å². The van der Waals surface area contributed by atoms with E-state index in [1.165, 1.54) is 5.56 Å². The van der Waals surface area contributed by atoms with E-state index in [1.54, 1.807) is 6.21 Å². The highest BCUT2D eigenvalue weighted by Crippen LogP contribution is 2.26. The minimum atomic E-state index is -0.273. The Kier molecular flexibility index (Phi) is 8.55. The molecular formula is C36H33N3O2. The number of amides is 1. The van der Waals surface area contributed by atoms with E-state index in [4.69, 9.17) is 4.74 Å². The molecule has 0 bridgehead atoms. The van der Waals surface area contributed by atoms with Gasteiger partial charge in [-0.05, 0) is 97.1 Å². The van der Waals surface area contributed by atoms with Crippen LogP contribution in [-0.2, 0) is 13.0 Å². The predicted octanol–water partition coefficient (Wildman–Crippen LogP) is 7.83. The van der Waals surface area contributed by atoms with Crippen molar-refractivity contribution in [1.82, 2.24) is 9.99 Å². The van der Waals surface area contributed by atoms with Crippen LogP contribution >= 0.6 is 0 Å². The van der Waals surface area contributed by atoms with Crippen LogP contribution < -0.4 is 10.2 Å². The zero-order chi connectivity index (χ0) is 28.6. The summed E-state index contributed by atoms with van der Waals surface area (Å²) in [7, 11) is 0. The lowest BCUT2D eigenvalue weighted by atomic mass is 10.1. The van der Waals surface area contributed by atoms with Crippen molar-refractivity contribution in [2.24, 2.45) is 5.10 Å². The minimum Gasteiger partial charge on any atom is -0.489 e. The van der Waals surface area contributed by atoms with E-state index in [-0.39, 0.29) is 5.91 Å². The number of aryl methyl sites for hydroxylation is 2. The molecule has 0 radical (unpaired) electrons. The summed E-state index contributed by atoms with van der Waals surface area (Å²) in [4.78, 5) is 12.8. The van der Waals surface area contributed by atoms with Crippen LogP contribution in [-0.4, -0.2) is 16.7 Å². The van der Waals surface area contributed by atoms with Crippen molar-refractivity contribution in [2.75, 3.05) is 0 Å². The number of hydrogen-bond acceptors (Lipinski definition) is 3. The molecule has 0 aliphatic rings. The minimum absolute atomic E-state index is 0.273. The first-order valence-electron chi connectivity index (χ1n) is 13.6. The number of hydrogen-bond donors (Lipinski definition) is 1. The number of benzene rings is 4. The third kappa shape index (κ3) is 6.71. The van der Waals surface area contributed by atoms with Crippen LogP contribution in [0, 0.1) is 13.8 Å². The second-order valence-electron chi connectivity index (χ2n) is 9.94. The van der Waals surface area contributed by atoms with Crippen molar-refractivity contribution in [3.05, 3.63) is 155 Å². The van der Waals surface area contributed by atoms with Crippen molar-refractivity contribution >= 4 is 12.1 Å². The number of allylic oxidation sites excluding steroid dienone is 1. The van der Waals surface area contributed by atoms with Crippen LogP contribution in [0.2, 0.25) is 0 Å². The van der Waals surface area contributed by atoms with Crippen LogP contribution in [0.15, 0.2) is 127 Å². The van der Waals surface area contributed by atoms with Gasteiger partial charge in [-0.15, -0.1) is 6.58 Å². The number of nitrogens with one attached hydrogen (secondary N) is 1. The molecule has 0 saturated carbocycles. The Hall–Kier alpha value is -5.16. The number of carbonyl (C=O) groups excluding carboxylic acids is 1. The molecule has 1 heterocycles. The molecule has 41 heavy (non-hydrogen) atoms. The average molecular weight is 540 g/mol. The normalized spacial score (nSPS) is 11.0. The summed E-state index contributed by atoms with van der Waals surface area (Å²) >= 11 is 0. The molecule has 0 aliphatic heterocycles. The molecule has 0 aliphatic carbocycles. The topological polar surface area (TPSA) is 55.6 Å². The molecule has 4 aromatic carbocycles. The van der Waals surface area contributed by atoms with Gasteiger partial charge in [-0.1, -0.05) is 66.2 Å². The van der Waals surface area contributed by atoms with E-state index in [0.717, 1.165) is 45.1 Å². The fraction of sp³-hybridized carbons (Fsp3) is 0.111. The molecule has 5 nitrogen and oxygen atoms in total. The Morgan fingerprint density at radius 2 is 1.66 bits per heavy atom. The molecule has 204 valence electrons. The molecule has 0 atom stereocenters. The van der Waals surface area contributed by atoms with E-state index in [9.17, 15) is 4.79 Å². The van der Waals surface area contributed by atoms with Crippen molar-refractivity contribution in [3.8, 4) is 22.7 Å².